The minimum atomic E-state index is -3.62. The van der Waals surface area contributed by atoms with Crippen LogP contribution >= 0.6 is 0 Å². The summed E-state index contributed by atoms with van der Waals surface area (Å²) in [5.74, 6) is -0.251. The van der Waals surface area contributed by atoms with E-state index >= 15 is 0 Å². The summed E-state index contributed by atoms with van der Waals surface area (Å²) in [7, 11) is -3.62. The molecule has 2 saturated carbocycles. The molecule has 2 saturated heterocycles. The maximum absolute atomic E-state index is 13.4. The van der Waals surface area contributed by atoms with Crippen molar-refractivity contribution in [3.05, 3.63) is 0 Å². The van der Waals surface area contributed by atoms with E-state index in [1.165, 1.54) is 4.31 Å². The van der Waals surface area contributed by atoms with Gasteiger partial charge in [-0.2, -0.15) is 0 Å². The smallest absolute Gasteiger partial charge is 0.241 e. The zero-order valence-corrected chi connectivity index (χ0v) is 17.8. The number of rotatable bonds is 2. The van der Waals surface area contributed by atoms with Crippen LogP contribution in [0.1, 0.15) is 60.3 Å². The average molecular weight is 400 g/mol. The predicted molar refractivity (Wildman–Crippen MR) is 101 cm³/mol. The lowest BCUT2D eigenvalue weighted by atomic mass is 9.69. The third-order valence-corrected chi connectivity index (χ3v) is 10.5. The fourth-order valence-electron chi connectivity index (χ4n) is 6.80. The van der Waals surface area contributed by atoms with Crippen molar-refractivity contribution in [2.75, 3.05) is 5.75 Å². The standard InChI is InChI=1S/C20H33NO5S/c1-11-8-12(2)18(23)26-16(11)13(3)17(22)21-15-9-14-6-7-20(15,19(14,4)5)10-27(21,24)25/h11-16,18,23H,6-10H2,1-5H3/t11?,12?,13-,14-,15-,16+,18?,20-/m1/s1. The number of aliphatic hydroxyl groups excluding tert-OH is 1. The lowest BCUT2D eigenvalue weighted by Gasteiger charge is -2.41. The first kappa shape index (κ1) is 19.6. The Morgan fingerprint density at radius 2 is 1.89 bits per heavy atom. The van der Waals surface area contributed by atoms with Gasteiger partial charge < -0.3 is 9.84 Å². The molecule has 4 rings (SSSR count). The van der Waals surface area contributed by atoms with Gasteiger partial charge in [-0.25, -0.2) is 12.7 Å². The first-order valence-electron chi connectivity index (χ1n) is 10.3. The Morgan fingerprint density at radius 1 is 1.22 bits per heavy atom. The Labute approximate surface area is 162 Å². The van der Waals surface area contributed by atoms with Crippen molar-refractivity contribution in [3.63, 3.8) is 0 Å². The zero-order valence-electron chi connectivity index (χ0n) is 17.0. The average Bonchev–Trinajstić information content (AvgIpc) is 3.04. The maximum Gasteiger partial charge on any atom is 0.241 e. The van der Waals surface area contributed by atoms with Crippen LogP contribution in [0.3, 0.4) is 0 Å². The summed E-state index contributed by atoms with van der Waals surface area (Å²) in [6, 6.07) is -0.214. The van der Waals surface area contributed by atoms with Crippen LogP contribution in [0.2, 0.25) is 0 Å². The number of hydrogen-bond donors (Lipinski definition) is 1. The van der Waals surface area contributed by atoms with Crippen LogP contribution in [0.4, 0.5) is 0 Å². The fraction of sp³-hybridized carbons (Fsp3) is 0.950. The third kappa shape index (κ3) is 2.50. The number of aliphatic hydroxyl groups is 1. The van der Waals surface area contributed by atoms with E-state index in [-0.39, 0.29) is 40.4 Å². The van der Waals surface area contributed by atoms with Gasteiger partial charge in [-0.3, -0.25) is 4.79 Å². The van der Waals surface area contributed by atoms with Gasteiger partial charge in [0.15, 0.2) is 6.29 Å². The highest BCUT2D eigenvalue weighted by Crippen LogP contribution is 2.70. The van der Waals surface area contributed by atoms with Crippen LogP contribution in [0.25, 0.3) is 0 Å². The second-order valence-electron chi connectivity index (χ2n) is 10.2. The molecule has 154 valence electrons. The van der Waals surface area contributed by atoms with E-state index in [1.807, 2.05) is 13.8 Å². The second-order valence-corrected chi connectivity index (χ2v) is 12.1. The maximum atomic E-state index is 13.4. The molecule has 2 aliphatic carbocycles. The molecule has 2 bridgehead atoms. The summed E-state index contributed by atoms with van der Waals surface area (Å²) in [5.41, 5.74) is -0.359. The highest BCUT2D eigenvalue weighted by molar-refractivity contribution is 7.90. The van der Waals surface area contributed by atoms with Crippen molar-refractivity contribution >= 4 is 15.9 Å². The van der Waals surface area contributed by atoms with Crippen molar-refractivity contribution in [1.82, 2.24) is 4.31 Å². The topological polar surface area (TPSA) is 83.9 Å². The molecule has 1 amide bonds. The molecule has 4 fully saturated rings. The summed E-state index contributed by atoms with van der Waals surface area (Å²) < 4.78 is 33.2. The van der Waals surface area contributed by atoms with Gasteiger partial charge in [0, 0.05) is 11.3 Å². The van der Waals surface area contributed by atoms with E-state index < -0.39 is 28.3 Å². The van der Waals surface area contributed by atoms with Crippen LogP contribution in [0, 0.1) is 34.5 Å². The highest BCUT2D eigenvalue weighted by Gasteiger charge is 2.72. The van der Waals surface area contributed by atoms with Gasteiger partial charge >= 0.3 is 0 Å². The minimum Gasteiger partial charge on any atom is -0.368 e. The molecule has 0 aromatic carbocycles. The van der Waals surface area contributed by atoms with E-state index in [9.17, 15) is 18.3 Å². The Kier molecular flexibility index (Phi) is 4.31. The molecule has 6 nitrogen and oxygen atoms in total. The van der Waals surface area contributed by atoms with E-state index in [0.717, 1.165) is 25.7 Å². The largest absolute Gasteiger partial charge is 0.368 e. The lowest BCUT2D eigenvalue weighted by molar-refractivity contribution is -0.219. The molecule has 1 spiro atoms. The molecule has 4 aliphatic rings. The summed E-state index contributed by atoms with van der Waals surface area (Å²) >= 11 is 0. The van der Waals surface area contributed by atoms with Gasteiger partial charge in [0.05, 0.1) is 23.8 Å². The van der Waals surface area contributed by atoms with Gasteiger partial charge in [-0.1, -0.05) is 34.6 Å². The number of hydrogen-bond acceptors (Lipinski definition) is 5. The molecule has 2 heterocycles. The summed E-state index contributed by atoms with van der Waals surface area (Å²) in [5, 5.41) is 10.1. The number of carbonyl (C=O) groups is 1. The van der Waals surface area contributed by atoms with Gasteiger partial charge in [-0.15, -0.1) is 0 Å². The number of amides is 1. The molecular weight excluding hydrogens is 366 g/mol. The third-order valence-electron chi connectivity index (χ3n) is 8.60. The normalized spacial score (nSPS) is 48.4. The molecular formula is C20H33NO5S. The monoisotopic (exact) mass is 399 g/mol. The first-order valence-corrected chi connectivity index (χ1v) is 11.9. The molecule has 27 heavy (non-hydrogen) atoms. The van der Waals surface area contributed by atoms with Gasteiger partial charge in [0.25, 0.3) is 0 Å². The fourth-order valence-corrected chi connectivity index (χ4v) is 9.41. The summed E-state index contributed by atoms with van der Waals surface area (Å²) in [4.78, 5) is 13.4. The number of nitrogens with zero attached hydrogens (tertiary/aromatic N) is 1. The lowest BCUT2D eigenvalue weighted by Crippen LogP contribution is -2.51. The number of ether oxygens (including phenoxy) is 1. The van der Waals surface area contributed by atoms with E-state index in [1.54, 1.807) is 6.92 Å². The molecule has 2 aliphatic heterocycles. The number of sulfonamides is 1. The van der Waals surface area contributed by atoms with Crippen molar-refractivity contribution in [2.45, 2.75) is 78.7 Å². The molecule has 8 atom stereocenters. The number of carbonyl (C=O) groups excluding carboxylic acids is 1. The van der Waals surface area contributed by atoms with E-state index in [2.05, 4.69) is 13.8 Å². The summed E-state index contributed by atoms with van der Waals surface area (Å²) in [6.45, 7) is 10.1. The quantitative estimate of drug-likeness (QED) is 0.771. The Morgan fingerprint density at radius 3 is 2.52 bits per heavy atom. The molecule has 7 heteroatoms. The van der Waals surface area contributed by atoms with Crippen molar-refractivity contribution < 1.29 is 23.1 Å². The van der Waals surface area contributed by atoms with Crippen LogP contribution in [-0.2, 0) is 19.6 Å². The van der Waals surface area contributed by atoms with Crippen LogP contribution in [-0.4, -0.2) is 47.9 Å². The van der Waals surface area contributed by atoms with Gasteiger partial charge in [0.1, 0.15) is 0 Å². The zero-order chi connectivity index (χ0) is 19.9. The first-order chi connectivity index (χ1) is 12.4. The Balaban J connectivity index is 1.62. The van der Waals surface area contributed by atoms with Crippen LogP contribution < -0.4 is 0 Å². The van der Waals surface area contributed by atoms with E-state index in [4.69, 9.17) is 4.74 Å². The van der Waals surface area contributed by atoms with Crippen molar-refractivity contribution in [1.29, 1.82) is 0 Å². The van der Waals surface area contributed by atoms with Crippen molar-refractivity contribution in [3.8, 4) is 0 Å². The van der Waals surface area contributed by atoms with Gasteiger partial charge in [-0.05, 0) is 42.9 Å². The van der Waals surface area contributed by atoms with Crippen LogP contribution in [0.15, 0.2) is 0 Å². The molecule has 3 unspecified atom stereocenters. The highest BCUT2D eigenvalue weighted by atomic mass is 32.2. The molecule has 0 radical (unpaired) electrons. The molecule has 1 N–H and O–H groups in total. The van der Waals surface area contributed by atoms with Gasteiger partial charge in [0.2, 0.25) is 15.9 Å². The molecule has 0 aromatic heterocycles. The predicted octanol–water partition coefficient (Wildman–Crippen LogP) is 2.37. The summed E-state index contributed by atoms with van der Waals surface area (Å²) in [6.07, 6.45) is 2.14. The number of fused-ring (bicyclic) bond motifs is 1. The van der Waals surface area contributed by atoms with Crippen molar-refractivity contribution in [2.24, 2.45) is 34.5 Å². The SMILES string of the molecule is CC1CC(C)[C@@H]([C@@H](C)C(=O)N2[C@@H]3C[C@H]4CC[C@]3(CS2(=O)=O)C4(C)C)OC1O. The minimum absolute atomic E-state index is 0.0173. The van der Waals surface area contributed by atoms with E-state index in [0.29, 0.717) is 5.92 Å². The Bertz CT molecular complexity index is 749. The second kappa shape index (κ2) is 5.92. The molecule has 0 aromatic rings. The van der Waals surface area contributed by atoms with Crippen LogP contribution in [0.5, 0.6) is 0 Å². The Hall–Kier alpha value is -0.660.